The monoisotopic (exact) mass is 399 g/mol. The fourth-order valence-electron chi connectivity index (χ4n) is 2.98. The van der Waals surface area contributed by atoms with Crippen LogP contribution >= 0.6 is 11.8 Å². The number of carbonyl (C=O) groups is 1. The lowest BCUT2D eigenvalue weighted by atomic mass is 10.0. The van der Waals surface area contributed by atoms with Gasteiger partial charge >= 0.3 is 0 Å². The van der Waals surface area contributed by atoms with E-state index in [0.29, 0.717) is 10.1 Å². The largest absolute Gasteiger partial charge is 0.378 e. The van der Waals surface area contributed by atoms with Gasteiger partial charge in [-0.1, -0.05) is 54.6 Å². The zero-order valence-corrected chi connectivity index (χ0v) is 17.1. The smallest absolute Gasteiger partial charge is 0.264 e. The Bertz CT molecular complexity index is 1070. The zero-order valence-electron chi connectivity index (χ0n) is 16.3. The van der Waals surface area contributed by atoms with Crippen LogP contribution in [0.5, 0.6) is 0 Å². The predicted octanol–water partition coefficient (Wildman–Crippen LogP) is 5.31. The first kappa shape index (κ1) is 19.0. The molecule has 1 N–H and O–H groups in total. The number of rotatable bonds is 4. The molecule has 0 saturated carbocycles. The maximum Gasteiger partial charge on any atom is 0.264 e. The molecular weight excluding hydrogens is 378 g/mol. The van der Waals surface area contributed by atoms with Gasteiger partial charge in [0.2, 0.25) is 0 Å². The summed E-state index contributed by atoms with van der Waals surface area (Å²) in [5.41, 5.74) is 5.29. The Kier molecular flexibility index (Phi) is 5.49. The number of benzene rings is 3. The molecule has 1 heterocycles. The Labute approximate surface area is 175 Å². The fraction of sp³-hybridized carbons (Fsp3) is 0.0833. The Morgan fingerprint density at radius 1 is 0.862 bits per heavy atom. The molecule has 1 amide bonds. The van der Waals surface area contributed by atoms with Crippen molar-refractivity contribution in [2.45, 2.75) is 0 Å². The van der Waals surface area contributed by atoms with Crippen molar-refractivity contribution in [1.82, 2.24) is 5.32 Å². The lowest BCUT2D eigenvalue weighted by molar-refractivity contribution is -0.115. The van der Waals surface area contributed by atoms with Crippen LogP contribution in [0.4, 0.5) is 11.4 Å². The van der Waals surface area contributed by atoms with Crippen molar-refractivity contribution in [1.29, 1.82) is 0 Å². The van der Waals surface area contributed by atoms with Crippen LogP contribution in [0.3, 0.4) is 0 Å². The van der Waals surface area contributed by atoms with Gasteiger partial charge < -0.3 is 10.2 Å². The van der Waals surface area contributed by atoms with Gasteiger partial charge in [0.15, 0.2) is 5.17 Å². The van der Waals surface area contributed by atoms with E-state index in [9.17, 15) is 4.79 Å². The molecule has 1 aliphatic rings. The van der Waals surface area contributed by atoms with Crippen LogP contribution in [0, 0.1) is 0 Å². The number of nitrogens with one attached hydrogen (secondary N) is 1. The summed E-state index contributed by atoms with van der Waals surface area (Å²) in [5, 5.41) is 3.43. The molecule has 0 aliphatic carbocycles. The van der Waals surface area contributed by atoms with Crippen molar-refractivity contribution >= 4 is 40.3 Å². The molecule has 3 aromatic carbocycles. The number of amides is 1. The highest BCUT2D eigenvalue weighted by Gasteiger charge is 2.23. The van der Waals surface area contributed by atoms with Gasteiger partial charge in [0, 0.05) is 19.8 Å². The second-order valence-electron chi connectivity index (χ2n) is 6.88. The average molecular weight is 400 g/mol. The first-order chi connectivity index (χ1) is 14.1. The van der Waals surface area contributed by atoms with Gasteiger partial charge in [-0.2, -0.15) is 0 Å². The van der Waals surface area contributed by atoms with Crippen LogP contribution in [0.15, 0.2) is 88.8 Å². The Hall–Kier alpha value is -3.31. The van der Waals surface area contributed by atoms with E-state index in [1.54, 1.807) is 0 Å². The van der Waals surface area contributed by atoms with Crippen molar-refractivity contribution in [3.63, 3.8) is 0 Å². The second-order valence-corrected chi connectivity index (χ2v) is 7.91. The van der Waals surface area contributed by atoms with E-state index in [2.05, 4.69) is 51.6 Å². The zero-order chi connectivity index (χ0) is 20.2. The minimum atomic E-state index is -0.118. The molecule has 4 rings (SSSR count). The van der Waals surface area contributed by atoms with Crippen LogP contribution in [-0.4, -0.2) is 25.2 Å². The summed E-state index contributed by atoms with van der Waals surface area (Å²) in [6, 6.07) is 26.3. The maximum atomic E-state index is 12.3. The topological polar surface area (TPSA) is 44.7 Å². The summed E-state index contributed by atoms with van der Waals surface area (Å²) < 4.78 is 0. The van der Waals surface area contributed by atoms with Crippen molar-refractivity contribution < 1.29 is 4.79 Å². The second kappa shape index (κ2) is 8.37. The molecule has 4 nitrogen and oxygen atoms in total. The highest BCUT2D eigenvalue weighted by molar-refractivity contribution is 8.18. The minimum absolute atomic E-state index is 0.118. The summed E-state index contributed by atoms with van der Waals surface area (Å²) in [6.45, 7) is 0. The molecule has 3 aromatic rings. The Balaban J connectivity index is 1.50. The van der Waals surface area contributed by atoms with Gasteiger partial charge in [0.05, 0.1) is 10.6 Å². The molecule has 144 valence electrons. The minimum Gasteiger partial charge on any atom is -0.378 e. The van der Waals surface area contributed by atoms with E-state index in [0.717, 1.165) is 16.8 Å². The van der Waals surface area contributed by atoms with E-state index in [4.69, 9.17) is 0 Å². The number of amidine groups is 1. The fourth-order valence-corrected chi connectivity index (χ4v) is 3.82. The summed E-state index contributed by atoms with van der Waals surface area (Å²) >= 11 is 1.36. The lowest BCUT2D eigenvalue weighted by Gasteiger charge is -2.12. The standard InChI is InChI=1S/C24H21N3OS/c1-27(2)21-14-12-19(13-15-21)18-10-8-17(9-11-18)16-22-23(28)26-24(29-22)25-20-6-4-3-5-7-20/h3-16H,1-2H3,(H,25,26,28). The van der Waals surface area contributed by atoms with Gasteiger partial charge in [-0.05, 0) is 58.8 Å². The number of carbonyl (C=O) groups excluding carboxylic acids is 1. The summed E-state index contributed by atoms with van der Waals surface area (Å²) in [7, 11) is 4.06. The summed E-state index contributed by atoms with van der Waals surface area (Å²) in [6.07, 6.45) is 1.90. The number of hydrogen-bond donors (Lipinski definition) is 1. The van der Waals surface area contributed by atoms with Gasteiger partial charge in [0.25, 0.3) is 5.91 Å². The third kappa shape index (κ3) is 4.58. The molecule has 29 heavy (non-hydrogen) atoms. The van der Waals surface area contributed by atoms with E-state index < -0.39 is 0 Å². The lowest BCUT2D eigenvalue weighted by Crippen LogP contribution is -2.19. The van der Waals surface area contributed by atoms with Gasteiger partial charge in [-0.3, -0.25) is 4.79 Å². The molecular formula is C24H21N3OS. The van der Waals surface area contributed by atoms with E-state index in [1.165, 1.54) is 23.0 Å². The summed E-state index contributed by atoms with van der Waals surface area (Å²) in [5.74, 6) is -0.118. The highest BCUT2D eigenvalue weighted by atomic mass is 32.2. The molecule has 0 bridgehead atoms. The molecule has 1 saturated heterocycles. The van der Waals surface area contributed by atoms with Gasteiger partial charge in [-0.15, -0.1) is 0 Å². The van der Waals surface area contributed by atoms with Crippen LogP contribution in [-0.2, 0) is 4.79 Å². The number of nitrogens with zero attached hydrogens (tertiary/aromatic N) is 2. The molecule has 0 atom stereocenters. The average Bonchev–Trinajstić information content (AvgIpc) is 3.08. The molecule has 0 spiro atoms. The maximum absolute atomic E-state index is 12.3. The molecule has 0 radical (unpaired) electrons. The highest BCUT2D eigenvalue weighted by Crippen LogP contribution is 2.29. The van der Waals surface area contributed by atoms with E-state index in [-0.39, 0.29) is 5.91 Å². The van der Waals surface area contributed by atoms with E-state index >= 15 is 0 Å². The quantitative estimate of drug-likeness (QED) is 0.605. The number of para-hydroxylation sites is 1. The van der Waals surface area contributed by atoms with Crippen molar-refractivity contribution in [3.05, 3.63) is 89.3 Å². The first-order valence-electron chi connectivity index (χ1n) is 9.31. The van der Waals surface area contributed by atoms with Crippen LogP contribution in [0.2, 0.25) is 0 Å². The van der Waals surface area contributed by atoms with Crippen LogP contribution in [0.25, 0.3) is 17.2 Å². The predicted molar refractivity (Wildman–Crippen MR) is 123 cm³/mol. The number of thioether (sulfide) groups is 1. The number of hydrogen-bond acceptors (Lipinski definition) is 4. The van der Waals surface area contributed by atoms with Gasteiger partial charge in [0.1, 0.15) is 0 Å². The van der Waals surface area contributed by atoms with Gasteiger partial charge in [-0.25, -0.2) is 4.99 Å². The third-order valence-corrected chi connectivity index (χ3v) is 5.47. The summed E-state index contributed by atoms with van der Waals surface area (Å²) in [4.78, 5) is 19.5. The number of aliphatic imine (C=N–C) groups is 1. The SMILES string of the molecule is CN(C)c1ccc(-c2ccc(C=C3SC(=Nc4ccccc4)NC3=O)cc2)cc1. The molecule has 0 aromatic heterocycles. The Morgan fingerprint density at radius 2 is 1.48 bits per heavy atom. The molecule has 5 heteroatoms. The molecule has 1 fully saturated rings. The third-order valence-electron chi connectivity index (χ3n) is 4.56. The van der Waals surface area contributed by atoms with Crippen molar-refractivity contribution in [2.24, 2.45) is 4.99 Å². The first-order valence-corrected chi connectivity index (χ1v) is 10.1. The van der Waals surface area contributed by atoms with Crippen molar-refractivity contribution in [2.75, 3.05) is 19.0 Å². The molecule has 1 aliphatic heterocycles. The van der Waals surface area contributed by atoms with Crippen molar-refractivity contribution in [3.8, 4) is 11.1 Å². The Morgan fingerprint density at radius 3 is 2.10 bits per heavy atom. The normalized spacial score (nSPS) is 16.3. The van der Waals surface area contributed by atoms with E-state index in [1.807, 2.05) is 62.6 Å². The van der Waals surface area contributed by atoms with Crippen LogP contribution in [0.1, 0.15) is 5.56 Å². The van der Waals surface area contributed by atoms with Crippen LogP contribution < -0.4 is 10.2 Å². The number of anilines is 1. The molecule has 0 unspecified atom stereocenters.